The standard InChI is InChI=1S/C16H16FN5O/c1-21-8-11(7-19-21)13-3-2-4-14(15(13)17)16(23)20-12-5-6-22(9-12)10-18/h2-4,7-8,12H,5-6,9H2,1H3,(H,20,23)/t12-/m1/s1. The molecule has 1 fully saturated rings. The van der Waals surface area contributed by atoms with E-state index in [1.807, 2.05) is 6.19 Å². The molecule has 23 heavy (non-hydrogen) atoms. The normalized spacial score (nSPS) is 17.1. The minimum absolute atomic E-state index is 0.00163. The van der Waals surface area contributed by atoms with Gasteiger partial charge in [0.25, 0.3) is 5.91 Å². The summed E-state index contributed by atoms with van der Waals surface area (Å²) < 4.78 is 16.3. The molecule has 0 bridgehead atoms. The van der Waals surface area contributed by atoms with Crippen molar-refractivity contribution in [1.29, 1.82) is 5.26 Å². The summed E-state index contributed by atoms with van der Waals surface area (Å²) in [6.45, 7) is 1.08. The third-order valence-corrected chi connectivity index (χ3v) is 3.92. The maximum atomic E-state index is 14.7. The molecule has 118 valence electrons. The fourth-order valence-electron chi connectivity index (χ4n) is 2.72. The number of benzene rings is 1. The van der Waals surface area contributed by atoms with Crippen LogP contribution in [0, 0.1) is 17.3 Å². The second-order valence-corrected chi connectivity index (χ2v) is 5.57. The maximum Gasteiger partial charge on any atom is 0.254 e. The molecule has 1 aromatic heterocycles. The third-order valence-electron chi connectivity index (χ3n) is 3.92. The fraction of sp³-hybridized carbons (Fsp3) is 0.312. The molecule has 2 aromatic rings. The molecule has 0 saturated carbocycles. The average molecular weight is 313 g/mol. The van der Waals surface area contributed by atoms with E-state index < -0.39 is 11.7 Å². The first-order valence-electron chi connectivity index (χ1n) is 7.31. The van der Waals surface area contributed by atoms with Crippen LogP contribution >= 0.6 is 0 Å². The number of rotatable bonds is 3. The molecular weight excluding hydrogens is 297 g/mol. The molecule has 1 aliphatic heterocycles. The largest absolute Gasteiger partial charge is 0.347 e. The van der Waals surface area contributed by atoms with Gasteiger partial charge in [0.15, 0.2) is 6.19 Å². The zero-order chi connectivity index (χ0) is 16.4. The number of carbonyl (C=O) groups is 1. The first-order valence-corrected chi connectivity index (χ1v) is 7.31. The molecule has 1 saturated heterocycles. The smallest absolute Gasteiger partial charge is 0.254 e. The van der Waals surface area contributed by atoms with Gasteiger partial charge in [0.2, 0.25) is 0 Å². The van der Waals surface area contributed by atoms with E-state index in [9.17, 15) is 9.18 Å². The summed E-state index contributed by atoms with van der Waals surface area (Å²) in [5.74, 6) is -1.02. The van der Waals surface area contributed by atoms with E-state index in [2.05, 4.69) is 10.4 Å². The quantitative estimate of drug-likeness (QED) is 0.872. The van der Waals surface area contributed by atoms with Gasteiger partial charge in [-0.05, 0) is 12.5 Å². The van der Waals surface area contributed by atoms with Crippen molar-refractivity contribution < 1.29 is 9.18 Å². The molecule has 1 aliphatic rings. The molecule has 0 radical (unpaired) electrons. The Labute approximate surface area is 133 Å². The molecule has 0 unspecified atom stereocenters. The van der Waals surface area contributed by atoms with Crippen molar-refractivity contribution >= 4 is 5.91 Å². The molecule has 1 aromatic carbocycles. The number of carbonyl (C=O) groups excluding carboxylic acids is 1. The van der Waals surface area contributed by atoms with Gasteiger partial charge in [-0.3, -0.25) is 9.48 Å². The van der Waals surface area contributed by atoms with Crippen LogP contribution < -0.4 is 5.32 Å². The molecule has 1 atom stereocenters. The van der Waals surface area contributed by atoms with Crippen molar-refractivity contribution in [3.63, 3.8) is 0 Å². The van der Waals surface area contributed by atoms with Gasteiger partial charge in [-0.2, -0.15) is 10.4 Å². The Kier molecular flexibility index (Phi) is 3.98. The highest BCUT2D eigenvalue weighted by Crippen LogP contribution is 2.24. The lowest BCUT2D eigenvalue weighted by atomic mass is 10.0. The summed E-state index contributed by atoms with van der Waals surface area (Å²) in [6, 6.07) is 4.59. The molecule has 1 N–H and O–H groups in total. The number of likely N-dealkylation sites (tertiary alicyclic amines) is 1. The summed E-state index contributed by atoms with van der Waals surface area (Å²) >= 11 is 0. The molecule has 3 rings (SSSR count). The summed E-state index contributed by atoms with van der Waals surface area (Å²) in [4.78, 5) is 13.9. The Bertz CT molecular complexity index is 779. The number of hydrogen-bond donors (Lipinski definition) is 1. The second-order valence-electron chi connectivity index (χ2n) is 5.57. The Morgan fingerprint density at radius 3 is 3.00 bits per heavy atom. The molecule has 0 aliphatic carbocycles. The minimum atomic E-state index is -0.562. The first-order chi connectivity index (χ1) is 11.1. The highest BCUT2D eigenvalue weighted by molar-refractivity contribution is 5.96. The number of aromatic nitrogens is 2. The number of hydrogen-bond acceptors (Lipinski definition) is 4. The van der Waals surface area contributed by atoms with Gasteiger partial charge in [0, 0.05) is 43.5 Å². The zero-order valence-corrected chi connectivity index (χ0v) is 12.7. The predicted octanol–water partition coefficient (Wildman–Crippen LogP) is 1.51. The van der Waals surface area contributed by atoms with Crippen molar-refractivity contribution in [2.75, 3.05) is 13.1 Å². The van der Waals surface area contributed by atoms with Gasteiger partial charge in [0.1, 0.15) is 5.82 Å². The van der Waals surface area contributed by atoms with E-state index in [1.165, 1.54) is 6.07 Å². The summed E-state index contributed by atoms with van der Waals surface area (Å²) in [5, 5.41) is 15.7. The van der Waals surface area contributed by atoms with Crippen LogP contribution in [0.1, 0.15) is 16.8 Å². The van der Waals surface area contributed by atoms with Crippen molar-refractivity contribution in [1.82, 2.24) is 20.0 Å². The van der Waals surface area contributed by atoms with Crippen LogP contribution in [0.2, 0.25) is 0 Å². The number of nitrogens with one attached hydrogen (secondary N) is 1. The fourth-order valence-corrected chi connectivity index (χ4v) is 2.72. The van der Waals surface area contributed by atoms with E-state index in [-0.39, 0.29) is 11.6 Å². The van der Waals surface area contributed by atoms with E-state index in [0.29, 0.717) is 30.6 Å². The van der Waals surface area contributed by atoms with Gasteiger partial charge in [0.05, 0.1) is 11.8 Å². The lowest BCUT2D eigenvalue weighted by molar-refractivity contribution is 0.0935. The number of nitrogens with zero attached hydrogens (tertiary/aromatic N) is 4. The predicted molar refractivity (Wildman–Crippen MR) is 81.7 cm³/mol. The lowest BCUT2D eigenvalue weighted by Gasteiger charge is -2.13. The number of aryl methyl sites for hydroxylation is 1. The van der Waals surface area contributed by atoms with Gasteiger partial charge in [-0.1, -0.05) is 12.1 Å². The Morgan fingerprint density at radius 1 is 1.52 bits per heavy atom. The molecule has 2 heterocycles. The number of amides is 1. The molecule has 0 spiro atoms. The summed E-state index contributed by atoms with van der Waals surface area (Å²) in [7, 11) is 1.75. The van der Waals surface area contributed by atoms with Crippen molar-refractivity contribution in [2.45, 2.75) is 12.5 Å². The van der Waals surface area contributed by atoms with Crippen LogP contribution in [0.15, 0.2) is 30.6 Å². The van der Waals surface area contributed by atoms with Gasteiger partial charge in [-0.15, -0.1) is 0 Å². The molecule has 1 amide bonds. The van der Waals surface area contributed by atoms with Gasteiger partial charge >= 0.3 is 0 Å². The van der Waals surface area contributed by atoms with Crippen molar-refractivity contribution in [2.24, 2.45) is 7.05 Å². The first kappa shape index (κ1) is 15.0. The number of halogens is 1. The lowest BCUT2D eigenvalue weighted by Crippen LogP contribution is -2.36. The molecular formula is C16H16FN5O. The molecule has 6 nitrogen and oxygen atoms in total. The van der Waals surface area contributed by atoms with Crippen LogP contribution in [0.4, 0.5) is 4.39 Å². The Morgan fingerprint density at radius 2 is 2.35 bits per heavy atom. The maximum absolute atomic E-state index is 14.7. The topological polar surface area (TPSA) is 74.0 Å². The highest BCUT2D eigenvalue weighted by Gasteiger charge is 2.25. The summed E-state index contributed by atoms with van der Waals surface area (Å²) in [5.41, 5.74) is 0.966. The number of nitriles is 1. The van der Waals surface area contributed by atoms with Crippen LogP contribution in [0.5, 0.6) is 0 Å². The monoisotopic (exact) mass is 313 g/mol. The van der Waals surface area contributed by atoms with Gasteiger partial charge in [-0.25, -0.2) is 4.39 Å². The highest BCUT2D eigenvalue weighted by atomic mass is 19.1. The zero-order valence-electron chi connectivity index (χ0n) is 12.7. The van der Waals surface area contributed by atoms with E-state index >= 15 is 0 Å². The SMILES string of the molecule is Cn1cc(-c2cccc(C(=O)N[C@@H]3CCN(C#N)C3)c2F)cn1. The summed E-state index contributed by atoms with van der Waals surface area (Å²) in [6.07, 6.45) is 5.99. The third kappa shape index (κ3) is 3.01. The second kappa shape index (κ2) is 6.08. The van der Waals surface area contributed by atoms with Crippen LogP contribution in [0.3, 0.4) is 0 Å². The van der Waals surface area contributed by atoms with Crippen molar-refractivity contribution in [3.8, 4) is 17.3 Å². The Hall–Kier alpha value is -2.88. The molecule has 7 heteroatoms. The van der Waals surface area contributed by atoms with Gasteiger partial charge < -0.3 is 10.2 Å². The minimum Gasteiger partial charge on any atom is -0.347 e. The van der Waals surface area contributed by atoms with E-state index in [4.69, 9.17) is 5.26 Å². The average Bonchev–Trinajstić information content (AvgIpc) is 3.16. The Balaban J connectivity index is 1.80. The van der Waals surface area contributed by atoms with E-state index in [1.54, 1.807) is 41.2 Å². The van der Waals surface area contributed by atoms with Crippen LogP contribution in [-0.2, 0) is 7.05 Å². The van der Waals surface area contributed by atoms with Crippen molar-refractivity contribution in [3.05, 3.63) is 42.0 Å². The van der Waals surface area contributed by atoms with E-state index in [0.717, 1.165) is 0 Å². The van der Waals surface area contributed by atoms with Crippen LogP contribution in [-0.4, -0.2) is 39.7 Å². The van der Waals surface area contributed by atoms with Crippen LogP contribution in [0.25, 0.3) is 11.1 Å².